The molecular weight excluding hydrogens is 168 g/mol. The standard InChI is InChI=1S/C10H12O3/c1-2-13-10(12)7-6-9(11)8-4-3-5-8/h8H,2-5H2,1H3. The number of esters is 1. The Hall–Kier alpha value is -1.30. The predicted molar refractivity (Wildman–Crippen MR) is 46.8 cm³/mol. The zero-order valence-electron chi connectivity index (χ0n) is 7.63. The van der Waals surface area contributed by atoms with Gasteiger partial charge in [-0.2, -0.15) is 0 Å². The molecule has 3 heteroatoms. The van der Waals surface area contributed by atoms with Crippen molar-refractivity contribution in [1.29, 1.82) is 0 Å². The lowest BCUT2D eigenvalue weighted by molar-refractivity contribution is -0.136. The zero-order chi connectivity index (χ0) is 9.68. The average molecular weight is 180 g/mol. The SMILES string of the molecule is CCOC(=O)C#CC(=O)C1CCC1. The zero-order valence-corrected chi connectivity index (χ0v) is 7.63. The van der Waals surface area contributed by atoms with Crippen molar-refractivity contribution in [3.05, 3.63) is 0 Å². The lowest BCUT2D eigenvalue weighted by atomic mass is 9.82. The van der Waals surface area contributed by atoms with E-state index in [1.165, 1.54) is 0 Å². The third kappa shape index (κ3) is 2.90. The minimum atomic E-state index is -0.616. The molecule has 0 bridgehead atoms. The van der Waals surface area contributed by atoms with Crippen LogP contribution in [0.2, 0.25) is 0 Å². The second-order valence-corrected chi connectivity index (χ2v) is 2.96. The molecule has 0 heterocycles. The van der Waals surface area contributed by atoms with Crippen LogP contribution in [0.5, 0.6) is 0 Å². The van der Waals surface area contributed by atoms with E-state index in [1.807, 2.05) is 0 Å². The van der Waals surface area contributed by atoms with Crippen molar-refractivity contribution in [1.82, 2.24) is 0 Å². The highest BCUT2D eigenvalue weighted by molar-refractivity contribution is 6.03. The van der Waals surface area contributed by atoms with E-state index in [9.17, 15) is 9.59 Å². The van der Waals surface area contributed by atoms with Crippen molar-refractivity contribution in [3.8, 4) is 11.8 Å². The van der Waals surface area contributed by atoms with Gasteiger partial charge in [-0.3, -0.25) is 4.79 Å². The summed E-state index contributed by atoms with van der Waals surface area (Å²) in [6, 6.07) is 0. The van der Waals surface area contributed by atoms with Crippen molar-refractivity contribution >= 4 is 11.8 Å². The van der Waals surface area contributed by atoms with Gasteiger partial charge in [-0.05, 0) is 25.7 Å². The van der Waals surface area contributed by atoms with E-state index in [0.29, 0.717) is 6.61 Å². The molecule has 13 heavy (non-hydrogen) atoms. The highest BCUT2D eigenvalue weighted by atomic mass is 16.5. The van der Waals surface area contributed by atoms with Gasteiger partial charge in [0, 0.05) is 11.8 Å². The summed E-state index contributed by atoms with van der Waals surface area (Å²) in [6.07, 6.45) is 2.92. The Morgan fingerprint density at radius 3 is 2.54 bits per heavy atom. The highest BCUT2D eigenvalue weighted by Gasteiger charge is 2.23. The second-order valence-electron chi connectivity index (χ2n) is 2.96. The smallest absolute Gasteiger partial charge is 0.384 e. The lowest BCUT2D eigenvalue weighted by Gasteiger charge is -2.20. The Labute approximate surface area is 77.5 Å². The van der Waals surface area contributed by atoms with E-state index < -0.39 is 5.97 Å². The number of hydrogen-bond donors (Lipinski definition) is 0. The fourth-order valence-electron chi connectivity index (χ4n) is 1.05. The number of carbonyl (C=O) groups is 2. The summed E-state index contributed by atoms with van der Waals surface area (Å²) < 4.78 is 4.56. The number of Topliss-reactive ketones (excluding diaryl/α,β-unsaturated/α-hetero) is 1. The van der Waals surface area contributed by atoms with Crippen LogP contribution in [0.4, 0.5) is 0 Å². The fraction of sp³-hybridized carbons (Fsp3) is 0.600. The van der Waals surface area contributed by atoms with Crippen molar-refractivity contribution in [2.24, 2.45) is 5.92 Å². The maximum Gasteiger partial charge on any atom is 0.384 e. The Morgan fingerprint density at radius 1 is 1.38 bits per heavy atom. The molecule has 1 fully saturated rings. The molecule has 1 saturated carbocycles. The first-order chi connectivity index (χ1) is 6.24. The Bertz CT molecular complexity index is 266. The third-order valence-corrected chi connectivity index (χ3v) is 2.04. The molecule has 0 spiro atoms. The van der Waals surface area contributed by atoms with Gasteiger partial charge >= 0.3 is 5.97 Å². The first kappa shape index (κ1) is 9.79. The van der Waals surface area contributed by atoms with E-state index in [2.05, 4.69) is 16.6 Å². The molecule has 0 aromatic heterocycles. The number of ketones is 1. The lowest BCUT2D eigenvalue weighted by Crippen LogP contribution is -2.20. The normalized spacial score (nSPS) is 15.2. The highest BCUT2D eigenvalue weighted by Crippen LogP contribution is 2.26. The van der Waals surface area contributed by atoms with Crippen molar-refractivity contribution in [2.45, 2.75) is 26.2 Å². The molecule has 0 atom stereocenters. The molecule has 0 amide bonds. The molecule has 1 aliphatic rings. The monoisotopic (exact) mass is 180 g/mol. The van der Waals surface area contributed by atoms with Crippen LogP contribution < -0.4 is 0 Å². The Morgan fingerprint density at radius 2 is 2.08 bits per heavy atom. The van der Waals surface area contributed by atoms with Crippen LogP contribution in [0.25, 0.3) is 0 Å². The molecule has 1 rings (SSSR count). The number of carbonyl (C=O) groups excluding carboxylic acids is 2. The van der Waals surface area contributed by atoms with E-state index in [4.69, 9.17) is 0 Å². The summed E-state index contributed by atoms with van der Waals surface area (Å²) in [5.41, 5.74) is 0. The summed E-state index contributed by atoms with van der Waals surface area (Å²) in [5, 5.41) is 0. The van der Waals surface area contributed by atoms with Gasteiger partial charge in [-0.25, -0.2) is 4.79 Å². The topological polar surface area (TPSA) is 43.4 Å². The Balaban J connectivity index is 2.36. The second kappa shape index (κ2) is 4.66. The number of hydrogen-bond acceptors (Lipinski definition) is 3. The van der Waals surface area contributed by atoms with Gasteiger partial charge in [-0.15, -0.1) is 0 Å². The molecule has 70 valence electrons. The van der Waals surface area contributed by atoms with Crippen LogP contribution in [0.15, 0.2) is 0 Å². The van der Waals surface area contributed by atoms with Gasteiger partial charge < -0.3 is 4.74 Å². The van der Waals surface area contributed by atoms with Crippen molar-refractivity contribution in [2.75, 3.05) is 6.61 Å². The number of ether oxygens (including phenoxy) is 1. The maximum atomic E-state index is 11.2. The molecule has 0 radical (unpaired) electrons. The summed E-state index contributed by atoms with van der Waals surface area (Å²) >= 11 is 0. The number of rotatable bonds is 2. The summed E-state index contributed by atoms with van der Waals surface area (Å²) in [6.45, 7) is 2.00. The molecule has 3 nitrogen and oxygen atoms in total. The van der Waals surface area contributed by atoms with Crippen LogP contribution >= 0.6 is 0 Å². The van der Waals surface area contributed by atoms with Crippen molar-refractivity contribution < 1.29 is 14.3 Å². The van der Waals surface area contributed by atoms with Crippen LogP contribution in [0.1, 0.15) is 26.2 Å². The minimum Gasteiger partial charge on any atom is -0.456 e. The van der Waals surface area contributed by atoms with Gasteiger partial charge in [0.05, 0.1) is 6.61 Å². The molecule has 0 aromatic carbocycles. The van der Waals surface area contributed by atoms with Gasteiger partial charge in [0.2, 0.25) is 5.78 Å². The van der Waals surface area contributed by atoms with Crippen LogP contribution in [0.3, 0.4) is 0 Å². The summed E-state index contributed by atoms with van der Waals surface area (Å²) in [4.78, 5) is 21.9. The van der Waals surface area contributed by atoms with Gasteiger partial charge in [0.25, 0.3) is 0 Å². The first-order valence-electron chi connectivity index (χ1n) is 4.46. The van der Waals surface area contributed by atoms with Crippen LogP contribution in [-0.4, -0.2) is 18.4 Å². The fourth-order valence-corrected chi connectivity index (χ4v) is 1.05. The van der Waals surface area contributed by atoms with E-state index in [-0.39, 0.29) is 11.7 Å². The molecule has 0 saturated heterocycles. The van der Waals surface area contributed by atoms with Crippen LogP contribution in [0, 0.1) is 17.8 Å². The predicted octanol–water partition coefficient (Wildman–Crippen LogP) is 0.922. The summed E-state index contributed by atoms with van der Waals surface area (Å²) in [5.74, 6) is 3.81. The van der Waals surface area contributed by atoms with E-state index in [1.54, 1.807) is 6.92 Å². The molecule has 0 aliphatic heterocycles. The van der Waals surface area contributed by atoms with Gasteiger partial charge in [-0.1, -0.05) is 6.42 Å². The van der Waals surface area contributed by atoms with Gasteiger partial charge in [0.1, 0.15) is 0 Å². The quantitative estimate of drug-likeness (QED) is 0.275. The average Bonchev–Trinajstić information content (AvgIpc) is 1.98. The summed E-state index contributed by atoms with van der Waals surface area (Å²) in [7, 11) is 0. The van der Waals surface area contributed by atoms with E-state index in [0.717, 1.165) is 19.3 Å². The minimum absolute atomic E-state index is 0.0712. The van der Waals surface area contributed by atoms with Gasteiger partial charge in [0.15, 0.2) is 0 Å². The molecule has 0 aromatic rings. The molecule has 0 unspecified atom stereocenters. The Kier molecular flexibility index (Phi) is 3.51. The molecule has 1 aliphatic carbocycles. The first-order valence-corrected chi connectivity index (χ1v) is 4.46. The van der Waals surface area contributed by atoms with Crippen LogP contribution in [-0.2, 0) is 14.3 Å². The maximum absolute atomic E-state index is 11.2. The molecule has 0 N–H and O–H groups in total. The third-order valence-electron chi connectivity index (χ3n) is 2.04. The largest absolute Gasteiger partial charge is 0.456 e. The van der Waals surface area contributed by atoms with Crippen molar-refractivity contribution in [3.63, 3.8) is 0 Å². The van der Waals surface area contributed by atoms with E-state index >= 15 is 0 Å². The molecular formula is C10H12O3.